The average molecular weight is 394 g/mol. The molecule has 0 unspecified atom stereocenters. The van der Waals surface area contributed by atoms with E-state index in [1.165, 1.54) is 24.3 Å². The minimum Gasteiger partial charge on any atom is -0.504 e. The maximum absolute atomic E-state index is 11.9. The van der Waals surface area contributed by atoms with E-state index in [9.17, 15) is 25.1 Å². The van der Waals surface area contributed by atoms with Gasteiger partial charge in [0.25, 0.3) is 11.6 Å². The molecule has 0 aliphatic heterocycles. The van der Waals surface area contributed by atoms with E-state index in [1.54, 1.807) is 13.0 Å². The van der Waals surface area contributed by atoms with E-state index in [-0.39, 0.29) is 17.0 Å². The number of nitrogens with one attached hydrogen (secondary N) is 1. The second kappa shape index (κ2) is 7.09. The van der Waals surface area contributed by atoms with Gasteiger partial charge in [0.05, 0.1) is 15.1 Å². The number of benzene rings is 2. The minimum absolute atomic E-state index is 0.101. The van der Waals surface area contributed by atoms with Crippen molar-refractivity contribution < 1.29 is 19.9 Å². The summed E-state index contributed by atoms with van der Waals surface area (Å²) in [5.41, 5.74) is 3.10. The molecule has 124 valence electrons. The number of hydrogen-bond acceptors (Lipinski definition) is 6. The standard InChI is InChI=1S/C15H12BrN3O5/c1-8(9-2-4-11(16)12(6-9)19(23)24)17-18-15(22)10-3-5-13(20)14(21)7-10/h2-7,20-21H,1H3,(H,18,22)/b17-8-. The van der Waals surface area contributed by atoms with E-state index in [1.807, 2.05) is 0 Å². The van der Waals surface area contributed by atoms with Crippen LogP contribution in [-0.2, 0) is 0 Å². The van der Waals surface area contributed by atoms with Crippen molar-refractivity contribution in [1.82, 2.24) is 5.43 Å². The average Bonchev–Trinajstić information content (AvgIpc) is 2.55. The van der Waals surface area contributed by atoms with E-state index >= 15 is 0 Å². The number of hydrogen-bond donors (Lipinski definition) is 3. The predicted octanol–water partition coefficient (Wildman–Crippen LogP) is 2.92. The van der Waals surface area contributed by atoms with E-state index in [0.717, 1.165) is 6.07 Å². The van der Waals surface area contributed by atoms with Crippen molar-refractivity contribution >= 4 is 33.2 Å². The fourth-order valence-corrected chi connectivity index (χ4v) is 2.20. The molecule has 0 aromatic heterocycles. The number of halogens is 1. The summed E-state index contributed by atoms with van der Waals surface area (Å²) in [4.78, 5) is 22.3. The van der Waals surface area contributed by atoms with Gasteiger partial charge in [-0.2, -0.15) is 5.10 Å². The van der Waals surface area contributed by atoms with Crippen LogP contribution in [0.5, 0.6) is 11.5 Å². The lowest BCUT2D eigenvalue weighted by molar-refractivity contribution is -0.385. The third kappa shape index (κ3) is 3.87. The summed E-state index contributed by atoms with van der Waals surface area (Å²) in [7, 11) is 0. The normalized spacial score (nSPS) is 11.2. The Kier molecular flexibility index (Phi) is 5.14. The molecule has 0 saturated carbocycles. The summed E-state index contributed by atoms with van der Waals surface area (Å²) < 4.78 is 0.340. The fraction of sp³-hybridized carbons (Fsp3) is 0.0667. The highest BCUT2D eigenvalue weighted by molar-refractivity contribution is 9.10. The Balaban J connectivity index is 2.19. The quantitative estimate of drug-likeness (QED) is 0.318. The highest BCUT2D eigenvalue weighted by Crippen LogP contribution is 2.26. The van der Waals surface area contributed by atoms with Gasteiger partial charge < -0.3 is 10.2 Å². The monoisotopic (exact) mass is 393 g/mol. The van der Waals surface area contributed by atoms with Gasteiger partial charge in [-0.05, 0) is 47.1 Å². The Morgan fingerprint density at radius 2 is 1.83 bits per heavy atom. The van der Waals surface area contributed by atoms with Crippen molar-refractivity contribution in [2.24, 2.45) is 5.10 Å². The van der Waals surface area contributed by atoms with E-state index < -0.39 is 16.6 Å². The Hall–Kier alpha value is -2.94. The lowest BCUT2D eigenvalue weighted by atomic mass is 10.1. The molecule has 3 N–H and O–H groups in total. The highest BCUT2D eigenvalue weighted by atomic mass is 79.9. The first-order valence-corrected chi connectivity index (χ1v) is 7.40. The van der Waals surface area contributed by atoms with Crippen LogP contribution in [-0.4, -0.2) is 26.8 Å². The minimum atomic E-state index is -0.601. The Labute approximate surface area is 144 Å². The lowest BCUT2D eigenvalue weighted by Gasteiger charge is -2.05. The first-order chi connectivity index (χ1) is 11.3. The molecule has 2 rings (SSSR count). The van der Waals surface area contributed by atoms with Crippen LogP contribution in [0.25, 0.3) is 0 Å². The third-order valence-corrected chi connectivity index (χ3v) is 3.79. The van der Waals surface area contributed by atoms with Gasteiger partial charge >= 0.3 is 0 Å². The smallest absolute Gasteiger partial charge is 0.284 e. The lowest BCUT2D eigenvalue weighted by Crippen LogP contribution is -2.19. The number of nitrogens with zero attached hydrogens (tertiary/aromatic N) is 2. The zero-order valence-corrected chi connectivity index (χ0v) is 13.9. The zero-order valence-electron chi connectivity index (χ0n) is 12.4. The number of nitro groups is 1. The molecule has 0 atom stereocenters. The van der Waals surface area contributed by atoms with Crippen LogP contribution in [0, 0.1) is 10.1 Å². The number of aromatic hydroxyl groups is 2. The number of nitro benzene ring substituents is 1. The second-order valence-corrected chi connectivity index (χ2v) is 5.62. The molecule has 9 heteroatoms. The number of carbonyl (C=O) groups excluding carboxylic acids is 1. The number of phenolic OH excluding ortho intramolecular Hbond substituents is 2. The van der Waals surface area contributed by atoms with Crippen LogP contribution in [0.15, 0.2) is 46.0 Å². The third-order valence-electron chi connectivity index (χ3n) is 3.12. The molecule has 0 aliphatic rings. The number of hydrazone groups is 1. The van der Waals surface area contributed by atoms with E-state index in [4.69, 9.17) is 0 Å². The summed E-state index contributed by atoms with van der Waals surface area (Å²) in [6.45, 7) is 1.58. The van der Waals surface area contributed by atoms with Crippen LogP contribution in [0.2, 0.25) is 0 Å². The van der Waals surface area contributed by atoms with Crippen LogP contribution in [0.3, 0.4) is 0 Å². The molecule has 0 heterocycles. The molecule has 0 radical (unpaired) electrons. The van der Waals surface area contributed by atoms with Crippen LogP contribution in [0.4, 0.5) is 5.69 Å². The first kappa shape index (κ1) is 17.4. The number of carbonyl (C=O) groups is 1. The van der Waals surface area contributed by atoms with Crippen molar-refractivity contribution in [3.63, 3.8) is 0 Å². The van der Waals surface area contributed by atoms with Gasteiger partial charge in [-0.15, -0.1) is 0 Å². The van der Waals surface area contributed by atoms with Crippen molar-refractivity contribution in [3.05, 3.63) is 62.1 Å². The fourth-order valence-electron chi connectivity index (χ4n) is 1.81. The van der Waals surface area contributed by atoms with Crippen molar-refractivity contribution in [2.45, 2.75) is 6.92 Å². The Morgan fingerprint density at radius 1 is 1.17 bits per heavy atom. The number of rotatable bonds is 4. The molecule has 0 aliphatic carbocycles. The van der Waals surface area contributed by atoms with Gasteiger partial charge in [-0.1, -0.05) is 6.07 Å². The van der Waals surface area contributed by atoms with Crippen LogP contribution < -0.4 is 5.43 Å². The largest absolute Gasteiger partial charge is 0.504 e. The van der Waals surface area contributed by atoms with E-state index in [2.05, 4.69) is 26.5 Å². The second-order valence-electron chi connectivity index (χ2n) is 4.76. The summed E-state index contributed by atoms with van der Waals surface area (Å²) in [6, 6.07) is 8.07. The molecule has 2 aromatic rings. The van der Waals surface area contributed by atoms with Gasteiger partial charge in [0.2, 0.25) is 0 Å². The highest BCUT2D eigenvalue weighted by Gasteiger charge is 2.14. The molecule has 0 bridgehead atoms. The van der Waals surface area contributed by atoms with Crippen LogP contribution in [0.1, 0.15) is 22.8 Å². The molecule has 0 spiro atoms. The van der Waals surface area contributed by atoms with Gasteiger partial charge in [0, 0.05) is 17.2 Å². The summed E-state index contributed by atoms with van der Waals surface area (Å²) in [5.74, 6) is -1.36. The molecule has 2 aromatic carbocycles. The predicted molar refractivity (Wildman–Crippen MR) is 90.2 cm³/mol. The summed E-state index contributed by atoms with van der Waals surface area (Å²) in [5, 5.41) is 33.4. The number of amides is 1. The zero-order chi connectivity index (χ0) is 17.9. The van der Waals surface area contributed by atoms with Gasteiger partial charge in [-0.3, -0.25) is 14.9 Å². The summed E-state index contributed by atoms with van der Waals surface area (Å²) in [6.07, 6.45) is 0. The van der Waals surface area contributed by atoms with Crippen molar-refractivity contribution in [3.8, 4) is 11.5 Å². The van der Waals surface area contributed by atoms with Gasteiger partial charge in [0.15, 0.2) is 11.5 Å². The maximum Gasteiger partial charge on any atom is 0.284 e. The Bertz CT molecular complexity index is 851. The maximum atomic E-state index is 11.9. The molecular weight excluding hydrogens is 382 g/mol. The molecule has 24 heavy (non-hydrogen) atoms. The van der Waals surface area contributed by atoms with Gasteiger partial charge in [0.1, 0.15) is 0 Å². The molecule has 0 fully saturated rings. The summed E-state index contributed by atoms with van der Waals surface area (Å²) >= 11 is 3.09. The molecular formula is C15H12BrN3O5. The SMILES string of the molecule is C/C(=N/NC(=O)c1ccc(O)c(O)c1)c1ccc(Br)c([N+](=O)[O-])c1. The molecule has 0 saturated heterocycles. The van der Waals surface area contributed by atoms with Gasteiger partial charge in [-0.25, -0.2) is 5.43 Å². The van der Waals surface area contributed by atoms with Crippen molar-refractivity contribution in [2.75, 3.05) is 0 Å². The Morgan fingerprint density at radius 3 is 2.46 bits per heavy atom. The molecule has 8 nitrogen and oxygen atoms in total. The van der Waals surface area contributed by atoms with Crippen molar-refractivity contribution in [1.29, 1.82) is 0 Å². The van der Waals surface area contributed by atoms with E-state index in [0.29, 0.717) is 15.7 Å². The first-order valence-electron chi connectivity index (χ1n) is 6.60. The van der Waals surface area contributed by atoms with Crippen LogP contribution >= 0.6 is 15.9 Å². The number of phenols is 2. The molecule has 1 amide bonds. The topological polar surface area (TPSA) is 125 Å².